The first-order chi connectivity index (χ1) is 31.2. The number of esters is 2. The number of phosphoric acid groups is 1. The lowest BCUT2D eigenvalue weighted by atomic mass is 9.85. The van der Waals surface area contributed by atoms with Crippen LogP contribution in [0.2, 0.25) is 0 Å². The Labute approximate surface area is 387 Å². The standard InChI is InChI=1S/C49H81O15P/c1-3-5-7-8-9-10-11-12-13-14-15-16-20-23-29-36-43(53)63-41(38-62-65(59,60)64-49-47(57)45(55)44(54)46(56)48(49)58)37-61-42(52)35-30-24-28-34-40(51)33-27-22-19-17-18-21-26-32-39(50)31-25-6-4-2/h6,12-13,18-19,21-22,25-28,32-34,39-41,44-51,54-58H,3-5,7-11,14-17,20,23-24,29-31,35-38H2,1-2H3,(H,59,60)/b13-12-,21-18-,22-19-,25-6-,32-26+,33-27+,34-28-/t39-,40-,41-,44?,45-,46+,47-,48-,49?/m1/s1. The van der Waals surface area contributed by atoms with Gasteiger partial charge in [0.05, 0.1) is 18.8 Å². The normalized spacial score (nSPS) is 23.2. The number of hydrogen-bond acceptors (Lipinski definition) is 14. The van der Waals surface area contributed by atoms with Crippen molar-refractivity contribution in [3.63, 3.8) is 0 Å². The van der Waals surface area contributed by atoms with Crippen LogP contribution >= 0.6 is 7.82 Å². The van der Waals surface area contributed by atoms with Crippen LogP contribution in [-0.4, -0.2) is 121 Å². The predicted molar refractivity (Wildman–Crippen MR) is 251 cm³/mol. The Balaban J connectivity index is 2.57. The zero-order valence-corrected chi connectivity index (χ0v) is 39.6. The second-order valence-corrected chi connectivity index (χ2v) is 17.7. The van der Waals surface area contributed by atoms with E-state index in [2.05, 4.69) is 19.1 Å². The summed E-state index contributed by atoms with van der Waals surface area (Å²) in [4.78, 5) is 35.7. The van der Waals surface area contributed by atoms with E-state index in [0.717, 1.165) is 44.9 Å². The van der Waals surface area contributed by atoms with Crippen LogP contribution in [0.5, 0.6) is 0 Å². The Morgan fingerprint density at radius 1 is 0.585 bits per heavy atom. The molecule has 15 nitrogen and oxygen atoms in total. The van der Waals surface area contributed by atoms with Crippen molar-refractivity contribution in [2.24, 2.45) is 0 Å². The maximum absolute atomic E-state index is 12.8. The summed E-state index contributed by atoms with van der Waals surface area (Å²) in [5.74, 6) is -1.30. The van der Waals surface area contributed by atoms with Gasteiger partial charge in [-0.05, 0) is 64.2 Å². The molecular weight excluding hydrogens is 859 g/mol. The first kappa shape index (κ1) is 60.0. The number of carbonyl (C=O) groups excluding carboxylic acids is 2. The highest BCUT2D eigenvalue weighted by Gasteiger charge is 2.51. The van der Waals surface area contributed by atoms with Gasteiger partial charge in [0.1, 0.15) is 43.2 Å². The number of carbonyl (C=O) groups is 2. The summed E-state index contributed by atoms with van der Waals surface area (Å²) in [5, 5.41) is 70.2. The van der Waals surface area contributed by atoms with Gasteiger partial charge in [0.25, 0.3) is 0 Å². The molecule has 1 fully saturated rings. The molecule has 0 heterocycles. The van der Waals surface area contributed by atoms with Crippen molar-refractivity contribution in [1.82, 2.24) is 0 Å². The highest BCUT2D eigenvalue weighted by molar-refractivity contribution is 7.47. The third-order valence-electron chi connectivity index (χ3n) is 10.4. The number of aliphatic hydroxyl groups excluding tert-OH is 7. The van der Waals surface area contributed by atoms with Crippen LogP contribution in [0.15, 0.2) is 85.1 Å². The lowest BCUT2D eigenvalue weighted by Crippen LogP contribution is -2.64. The molecule has 0 aliphatic heterocycles. The number of hydrogen-bond donors (Lipinski definition) is 8. The number of ether oxygens (including phenoxy) is 2. The maximum Gasteiger partial charge on any atom is 0.472 e. The molecule has 16 heteroatoms. The van der Waals surface area contributed by atoms with Gasteiger partial charge in [-0.3, -0.25) is 18.6 Å². The molecule has 10 atom stereocenters. The molecule has 8 N–H and O–H groups in total. The zero-order chi connectivity index (χ0) is 48.1. The third kappa shape index (κ3) is 30.8. The highest BCUT2D eigenvalue weighted by atomic mass is 31.2. The maximum atomic E-state index is 12.8. The molecule has 0 radical (unpaired) electrons. The SMILES string of the molecule is CC/C=C\C[C@@H](O)/C=C/C=C\C/C=C\C=C\[C@@H](O)/C=C\CCCC(=O)OC[C@H](COP(=O)(O)OC1[C@H](O)[C@H](O)C(O)[C@H](O)[C@H]1O)OC(=O)CCCCCCC/C=C\CCCCCCCC. The van der Waals surface area contributed by atoms with Crippen molar-refractivity contribution in [3.8, 4) is 0 Å². The van der Waals surface area contributed by atoms with Crippen molar-refractivity contribution in [1.29, 1.82) is 0 Å². The molecule has 0 aromatic rings. The van der Waals surface area contributed by atoms with Crippen molar-refractivity contribution < 1.29 is 73.3 Å². The highest BCUT2D eigenvalue weighted by Crippen LogP contribution is 2.47. The Kier molecular flexibility index (Phi) is 35.0. The summed E-state index contributed by atoms with van der Waals surface area (Å²) < 4.78 is 33.4. The predicted octanol–water partition coefficient (Wildman–Crippen LogP) is 7.22. The molecule has 0 aromatic carbocycles. The second-order valence-electron chi connectivity index (χ2n) is 16.3. The summed E-state index contributed by atoms with van der Waals surface area (Å²) >= 11 is 0. The van der Waals surface area contributed by atoms with E-state index in [1.54, 1.807) is 42.5 Å². The van der Waals surface area contributed by atoms with Crippen LogP contribution in [0.25, 0.3) is 0 Å². The topological polar surface area (TPSA) is 250 Å². The summed E-state index contributed by atoms with van der Waals surface area (Å²) in [5.41, 5.74) is 0. The zero-order valence-electron chi connectivity index (χ0n) is 38.7. The molecule has 0 amide bonds. The van der Waals surface area contributed by atoms with E-state index >= 15 is 0 Å². The quantitative estimate of drug-likeness (QED) is 0.0101. The van der Waals surface area contributed by atoms with Crippen molar-refractivity contribution in [2.75, 3.05) is 13.2 Å². The van der Waals surface area contributed by atoms with Gasteiger partial charge in [0.2, 0.25) is 0 Å². The van der Waals surface area contributed by atoms with E-state index in [1.165, 1.54) is 38.5 Å². The number of phosphoric ester groups is 1. The average molecular weight is 941 g/mol. The molecule has 0 bridgehead atoms. The first-order valence-electron chi connectivity index (χ1n) is 23.6. The Morgan fingerprint density at radius 2 is 1.14 bits per heavy atom. The number of unbranched alkanes of at least 4 members (excludes halogenated alkanes) is 12. The third-order valence-corrected chi connectivity index (χ3v) is 11.4. The van der Waals surface area contributed by atoms with Gasteiger partial charge >= 0.3 is 19.8 Å². The average Bonchev–Trinajstić information content (AvgIpc) is 3.28. The second kappa shape index (κ2) is 38.0. The molecule has 65 heavy (non-hydrogen) atoms. The van der Waals surface area contributed by atoms with Gasteiger partial charge < -0.3 is 50.1 Å². The van der Waals surface area contributed by atoms with Crippen LogP contribution in [0.3, 0.4) is 0 Å². The summed E-state index contributed by atoms with van der Waals surface area (Å²) in [6.45, 7) is 2.92. The Hall–Kier alpha value is -3.05. The van der Waals surface area contributed by atoms with Gasteiger partial charge in [0.15, 0.2) is 6.10 Å². The minimum Gasteiger partial charge on any atom is -0.462 e. The van der Waals surface area contributed by atoms with Crippen molar-refractivity contribution in [2.45, 2.75) is 197 Å². The minimum absolute atomic E-state index is 0.0252. The van der Waals surface area contributed by atoms with Crippen LogP contribution in [0, 0.1) is 0 Å². The molecule has 0 aromatic heterocycles. The molecule has 1 rings (SSSR count). The molecule has 1 aliphatic carbocycles. The number of aliphatic hydroxyl groups is 7. The molecule has 372 valence electrons. The molecule has 1 saturated carbocycles. The van der Waals surface area contributed by atoms with E-state index < -0.39 is 87.9 Å². The van der Waals surface area contributed by atoms with Crippen molar-refractivity contribution >= 4 is 19.8 Å². The lowest BCUT2D eigenvalue weighted by molar-refractivity contribution is -0.220. The fourth-order valence-corrected chi connectivity index (χ4v) is 7.52. The minimum atomic E-state index is -5.17. The smallest absolute Gasteiger partial charge is 0.462 e. The van der Waals surface area contributed by atoms with Crippen molar-refractivity contribution in [3.05, 3.63) is 85.1 Å². The van der Waals surface area contributed by atoms with E-state index in [4.69, 9.17) is 18.5 Å². The molecule has 3 unspecified atom stereocenters. The van der Waals surface area contributed by atoms with E-state index in [1.807, 2.05) is 37.3 Å². The molecule has 0 saturated heterocycles. The van der Waals surface area contributed by atoms with Gasteiger partial charge in [-0.1, -0.05) is 150 Å². The van der Waals surface area contributed by atoms with E-state index in [-0.39, 0.29) is 12.8 Å². The first-order valence-corrected chi connectivity index (χ1v) is 25.1. The lowest BCUT2D eigenvalue weighted by Gasteiger charge is -2.41. The molecule has 0 spiro atoms. The van der Waals surface area contributed by atoms with Crippen LogP contribution in [-0.2, 0) is 32.7 Å². The van der Waals surface area contributed by atoms with Gasteiger partial charge in [-0.25, -0.2) is 4.57 Å². The van der Waals surface area contributed by atoms with Crippen LogP contribution in [0.4, 0.5) is 0 Å². The fourth-order valence-electron chi connectivity index (χ4n) is 6.55. The van der Waals surface area contributed by atoms with Crippen LogP contribution in [0.1, 0.15) is 142 Å². The van der Waals surface area contributed by atoms with Crippen LogP contribution < -0.4 is 0 Å². The monoisotopic (exact) mass is 941 g/mol. The fraction of sp³-hybridized carbons (Fsp3) is 0.673. The Morgan fingerprint density at radius 3 is 1.77 bits per heavy atom. The Bertz CT molecular complexity index is 1490. The number of allylic oxidation sites excluding steroid dienone is 10. The number of rotatable bonds is 37. The van der Waals surface area contributed by atoms with Gasteiger partial charge in [-0.2, -0.15) is 0 Å². The summed E-state index contributed by atoms with van der Waals surface area (Å²) in [6.07, 6.45) is 28.4. The van der Waals surface area contributed by atoms with E-state index in [0.29, 0.717) is 32.1 Å². The molecule has 1 aliphatic rings. The van der Waals surface area contributed by atoms with Gasteiger partial charge in [0, 0.05) is 12.8 Å². The van der Waals surface area contributed by atoms with E-state index in [9.17, 15) is 54.8 Å². The largest absolute Gasteiger partial charge is 0.472 e. The summed E-state index contributed by atoms with van der Waals surface area (Å²) in [6, 6.07) is 0. The molecular formula is C49H81O15P. The summed E-state index contributed by atoms with van der Waals surface area (Å²) in [7, 11) is -5.17. The van der Waals surface area contributed by atoms with Gasteiger partial charge in [-0.15, -0.1) is 0 Å².